The predicted octanol–water partition coefficient (Wildman–Crippen LogP) is 1.13. The molecule has 0 unspecified atom stereocenters. The van der Waals surface area contributed by atoms with Gasteiger partial charge in [0.15, 0.2) is 0 Å². The van der Waals surface area contributed by atoms with E-state index in [0.29, 0.717) is 18.5 Å². The van der Waals surface area contributed by atoms with Gasteiger partial charge < -0.3 is 34.4 Å². The van der Waals surface area contributed by atoms with Crippen LogP contribution in [0.4, 0.5) is 0 Å². The highest BCUT2D eigenvalue weighted by Crippen LogP contribution is 2.53. The van der Waals surface area contributed by atoms with Crippen molar-refractivity contribution in [3.63, 3.8) is 0 Å². The Bertz CT molecular complexity index is 1250. The zero-order valence-electron chi connectivity index (χ0n) is 24.2. The maximum absolute atomic E-state index is 14.3. The van der Waals surface area contributed by atoms with Gasteiger partial charge in [-0.15, -0.1) is 0 Å². The van der Waals surface area contributed by atoms with E-state index < -0.39 is 53.6 Å². The molecule has 2 N–H and O–H groups in total. The van der Waals surface area contributed by atoms with Gasteiger partial charge in [-0.3, -0.25) is 19.2 Å². The van der Waals surface area contributed by atoms with Crippen LogP contribution >= 0.6 is 0 Å². The smallest absolute Gasteiger partial charge is 0.313 e. The van der Waals surface area contributed by atoms with Crippen LogP contribution in [0.2, 0.25) is 0 Å². The van der Waals surface area contributed by atoms with Crippen LogP contribution in [0.25, 0.3) is 0 Å². The lowest BCUT2D eigenvalue weighted by Crippen LogP contribution is -2.56. The number of aliphatic hydroxyl groups excluding tert-OH is 1. The van der Waals surface area contributed by atoms with E-state index in [0.717, 1.165) is 0 Å². The number of hydrogen-bond donors (Lipinski definition) is 2. The maximum atomic E-state index is 14.3. The van der Waals surface area contributed by atoms with E-state index in [1.807, 2.05) is 38.1 Å². The van der Waals surface area contributed by atoms with Gasteiger partial charge in [0.2, 0.25) is 17.7 Å². The first-order valence-electron chi connectivity index (χ1n) is 14.5. The Labute approximate surface area is 245 Å². The molecule has 11 heteroatoms. The molecule has 0 saturated carbocycles. The SMILES string of the molecule is COC[C@@H]1NC(=O)CC/C=C\[C@@H]2O[C@@]34C=CCN(C(C)C)C(=O)[C@@H]3N(CCO)C(=O)[C@H]4[C@@H]2C(=O)O[C@H]1c1ccccc1. The van der Waals surface area contributed by atoms with Crippen molar-refractivity contribution >= 4 is 23.7 Å². The van der Waals surface area contributed by atoms with E-state index in [-0.39, 0.29) is 44.0 Å². The van der Waals surface area contributed by atoms with Gasteiger partial charge in [-0.05, 0) is 25.8 Å². The summed E-state index contributed by atoms with van der Waals surface area (Å²) in [5, 5.41) is 12.8. The number of esters is 1. The van der Waals surface area contributed by atoms with E-state index in [1.54, 1.807) is 35.3 Å². The van der Waals surface area contributed by atoms with Crippen molar-refractivity contribution in [1.82, 2.24) is 15.1 Å². The number of carbonyl (C=O) groups is 4. The Balaban J connectivity index is 1.61. The quantitative estimate of drug-likeness (QED) is 0.377. The Morgan fingerprint density at radius 1 is 1.12 bits per heavy atom. The number of allylic oxidation sites excluding steroid dienone is 1. The van der Waals surface area contributed by atoms with Crippen molar-refractivity contribution in [2.24, 2.45) is 11.8 Å². The minimum Gasteiger partial charge on any atom is -0.455 e. The third-order valence-corrected chi connectivity index (χ3v) is 8.55. The number of carbonyl (C=O) groups excluding carboxylic acids is 4. The van der Waals surface area contributed by atoms with Gasteiger partial charge in [0.1, 0.15) is 23.7 Å². The zero-order valence-corrected chi connectivity index (χ0v) is 24.2. The third kappa shape index (κ3) is 5.25. The van der Waals surface area contributed by atoms with Crippen LogP contribution in [0.3, 0.4) is 0 Å². The lowest BCUT2D eigenvalue weighted by Gasteiger charge is -2.36. The number of methoxy groups -OCH3 is 1. The standard InChI is InChI=1S/C31H39N3O8/c1-19(2)33-15-9-14-31-25(28(37)34(16-17-35)27(31)29(33)38)24-22(42-31)12-7-8-13-23(36)32-21(18-40-3)26(41-30(24)39)20-10-5-4-6-11-20/h4-7,9-12,14,19,21-22,24-27,35H,8,13,15-18H2,1-3H3,(H,32,36)/b12-7-/t21-,22-,24+,25+,26-,27-,31+/m0/s1. The van der Waals surface area contributed by atoms with Crippen LogP contribution in [0, 0.1) is 11.8 Å². The molecule has 1 aromatic rings. The number of benzene rings is 1. The minimum atomic E-state index is -1.44. The highest BCUT2D eigenvalue weighted by atomic mass is 16.6. The maximum Gasteiger partial charge on any atom is 0.313 e. The summed E-state index contributed by atoms with van der Waals surface area (Å²) < 4.78 is 18.2. The highest BCUT2D eigenvalue weighted by Gasteiger charge is 2.71. The molecule has 5 rings (SSSR count). The fraction of sp³-hybridized carbons (Fsp3) is 0.548. The van der Waals surface area contributed by atoms with E-state index in [1.165, 1.54) is 12.0 Å². The first-order chi connectivity index (χ1) is 20.2. The lowest BCUT2D eigenvalue weighted by atomic mass is 9.77. The predicted molar refractivity (Wildman–Crippen MR) is 151 cm³/mol. The van der Waals surface area contributed by atoms with Gasteiger partial charge in [-0.1, -0.05) is 54.6 Å². The molecule has 2 saturated heterocycles. The van der Waals surface area contributed by atoms with E-state index in [4.69, 9.17) is 14.2 Å². The summed E-state index contributed by atoms with van der Waals surface area (Å²) in [4.78, 5) is 58.2. The van der Waals surface area contributed by atoms with Crippen molar-refractivity contribution in [3.8, 4) is 0 Å². The fourth-order valence-corrected chi connectivity index (χ4v) is 6.72. The summed E-state index contributed by atoms with van der Waals surface area (Å²) in [6, 6.07) is 7.17. The molecular formula is C31H39N3O8. The molecule has 0 radical (unpaired) electrons. The molecule has 4 heterocycles. The summed E-state index contributed by atoms with van der Waals surface area (Å²) in [6.07, 6.45) is 5.79. The van der Waals surface area contributed by atoms with Crippen LogP contribution in [-0.2, 0) is 33.4 Å². The summed E-state index contributed by atoms with van der Waals surface area (Å²) in [6.45, 7) is 3.77. The first-order valence-corrected chi connectivity index (χ1v) is 14.5. The number of hydrogen-bond acceptors (Lipinski definition) is 8. The van der Waals surface area contributed by atoms with Gasteiger partial charge in [0, 0.05) is 32.7 Å². The molecule has 0 bridgehead atoms. The first kappa shape index (κ1) is 29.9. The van der Waals surface area contributed by atoms with E-state index >= 15 is 0 Å². The van der Waals surface area contributed by atoms with Crippen molar-refractivity contribution in [2.75, 3.05) is 33.4 Å². The molecule has 0 aromatic heterocycles. The number of nitrogens with zero attached hydrogens (tertiary/aromatic N) is 2. The molecule has 42 heavy (non-hydrogen) atoms. The van der Waals surface area contributed by atoms with Crippen LogP contribution in [0.1, 0.15) is 38.4 Å². The molecule has 2 fully saturated rings. The molecular weight excluding hydrogens is 542 g/mol. The molecule has 7 atom stereocenters. The van der Waals surface area contributed by atoms with Crippen molar-refractivity contribution in [3.05, 3.63) is 60.2 Å². The average Bonchev–Trinajstić information content (AvgIpc) is 3.34. The molecule has 3 amide bonds. The highest BCUT2D eigenvalue weighted by molar-refractivity contribution is 5.99. The Morgan fingerprint density at radius 2 is 1.88 bits per heavy atom. The Kier molecular flexibility index (Phi) is 8.81. The minimum absolute atomic E-state index is 0.0759. The molecule has 0 aliphatic carbocycles. The van der Waals surface area contributed by atoms with Gasteiger partial charge in [-0.25, -0.2) is 0 Å². The monoisotopic (exact) mass is 581 g/mol. The number of ether oxygens (including phenoxy) is 3. The molecule has 4 aliphatic rings. The van der Waals surface area contributed by atoms with Gasteiger partial charge in [-0.2, -0.15) is 0 Å². The second-order valence-corrected chi connectivity index (χ2v) is 11.4. The van der Waals surface area contributed by atoms with Crippen molar-refractivity contribution in [1.29, 1.82) is 0 Å². The van der Waals surface area contributed by atoms with E-state index in [2.05, 4.69) is 5.32 Å². The number of aliphatic hydroxyl groups is 1. The molecule has 226 valence electrons. The van der Waals surface area contributed by atoms with E-state index in [9.17, 15) is 24.3 Å². The normalized spacial score (nSPS) is 34.1. The number of rotatable bonds is 6. The fourth-order valence-electron chi connectivity index (χ4n) is 6.72. The Morgan fingerprint density at radius 3 is 2.57 bits per heavy atom. The second-order valence-electron chi connectivity index (χ2n) is 11.4. The third-order valence-electron chi connectivity index (χ3n) is 8.55. The molecule has 11 nitrogen and oxygen atoms in total. The number of β-amino-alcohol motifs (C(OH)–C–C–N with tert-alkyl or cyclic N) is 1. The van der Waals surface area contributed by atoms with Crippen LogP contribution in [0.15, 0.2) is 54.6 Å². The van der Waals surface area contributed by atoms with Crippen molar-refractivity contribution < 1.29 is 38.5 Å². The number of nitrogens with one attached hydrogen (secondary N) is 1. The Hall–Kier alpha value is -3.54. The summed E-state index contributed by atoms with van der Waals surface area (Å²) in [5.74, 6) is -3.78. The average molecular weight is 582 g/mol. The van der Waals surface area contributed by atoms with Gasteiger partial charge in [0.25, 0.3) is 0 Å². The zero-order chi connectivity index (χ0) is 30.0. The largest absolute Gasteiger partial charge is 0.455 e. The number of cyclic esters (lactones) is 1. The topological polar surface area (TPSA) is 135 Å². The molecule has 1 spiro atoms. The number of amides is 3. The second kappa shape index (κ2) is 12.4. The molecule has 1 aromatic carbocycles. The summed E-state index contributed by atoms with van der Waals surface area (Å²) >= 11 is 0. The van der Waals surface area contributed by atoms with Gasteiger partial charge in [0.05, 0.1) is 31.3 Å². The molecule has 4 aliphatic heterocycles. The number of likely N-dealkylation sites (tertiary alicyclic amines) is 1. The number of fused-ring (bicyclic) bond motifs is 2. The lowest BCUT2D eigenvalue weighted by molar-refractivity contribution is -0.162. The summed E-state index contributed by atoms with van der Waals surface area (Å²) in [7, 11) is 1.50. The van der Waals surface area contributed by atoms with Gasteiger partial charge >= 0.3 is 5.97 Å². The summed E-state index contributed by atoms with van der Waals surface area (Å²) in [5.41, 5.74) is -0.783. The van der Waals surface area contributed by atoms with Crippen LogP contribution in [0.5, 0.6) is 0 Å². The van der Waals surface area contributed by atoms with Crippen LogP contribution in [-0.4, -0.2) is 102 Å². The van der Waals surface area contributed by atoms with Crippen molar-refractivity contribution in [2.45, 2.75) is 62.6 Å². The van der Waals surface area contributed by atoms with Crippen LogP contribution < -0.4 is 5.32 Å².